The smallest absolute Gasteiger partial charge is 0.0682 e. The first-order chi connectivity index (χ1) is 3.39. The molecule has 0 aliphatic carbocycles. The second-order valence-electron chi connectivity index (χ2n) is 1.58. The van der Waals surface area contributed by atoms with Crippen LogP contribution in [-0.2, 0) is 0 Å². The molecular weight excluding hydrogens is 86.1 g/mol. The van der Waals surface area contributed by atoms with E-state index in [1.54, 1.807) is 0 Å². The van der Waals surface area contributed by atoms with Crippen LogP contribution in [0.3, 0.4) is 0 Å². The minimum absolute atomic E-state index is 1.29. The summed E-state index contributed by atoms with van der Waals surface area (Å²) < 4.78 is 0. The zero-order valence-electron chi connectivity index (χ0n) is 4.31. The molecule has 0 unspecified atom stereocenters. The Morgan fingerprint density at radius 3 is 2.71 bits per heavy atom. The highest BCUT2D eigenvalue weighted by Crippen LogP contribution is 1.97. The van der Waals surface area contributed by atoms with Crippen LogP contribution in [-0.4, -0.2) is 0 Å². The van der Waals surface area contributed by atoms with Gasteiger partial charge in [-0.1, -0.05) is 11.6 Å². The Morgan fingerprint density at radius 1 is 1.57 bits per heavy atom. The van der Waals surface area contributed by atoms with Crippen molar-refractivity contribution in [3.05, 3.63) is 30.5 Å². The molecule has 0 aromatic carbocycles. The van der Waals surface area contributed by atoms with Crippen molar-refractivity contribution >= 4 is 0 Å². The van der Waals surface area contributed by atoms with Crippen LogP contribution >= 0.6 is 0 Å². The predicted molar refractivity (Wildman–Crippen MR) is 30.3 cm³/mol. The molecule has 1 aliphatic heterocycles. The van der Waals surface area contributed by atoms with E-state index in [0.717, 1.165) is 0 Å². The Balaban J connectivity index is 2.58. The Morgan fingerprint density at radius 2 is 2.43 bits per heavy atom. The Hall–Kier alpha value is -0.720. The van der Waals surface area contributed by atoms with Crippen molar-refractivity contribution < 1.29 is 0 Å². The van der Waals surface area contributed by atoms with E-state index in [2.05, 4.69) is 12.2 Å². The molecule has 0 aromatic heterocycles. The summed E-state index contributed by atoms with van der Waals surface area (Å²) in [4.78, 5) is 0. The fourth-order valence-electron chi connectivity index (χ4n) is 0.470. The van der Waals surface area contributed by atoms with Crippen LogP contribution in [0.25, 0.3) is 0 Å². The molecule has 0 saturated heterocycles. The lowest BCUT2D eigenvalue weighted by Gasteiger charge is -2.00. The highest BCUT2D eigenvalue weighted by atomic mass is 14.8. The Labute approximate surface area is 43.7 Å². The number of dihydropyridines is 1. The van der Waals surface area contributed by atoms with Crippen molar-refractivity contribution in [3.8, 4) is 0 Å². The quantitative estimate of drug-likeness (QED) is 0.475. The zero-order valence-corrected chi connectivity index (χ0v) is 4.31. The molecule has 0 saturated carbocycles. The number of hydrogen-bond acceptors (Lipinski definition) is 1. The number of hydrogen-bond donors (Lipinski definition) is 1. The molecule has 0 spiro atoms. The van der Waals surface area contributed by atoms with Gasteiger partial charge in [-0.15, -0.1) is 0 Å². The molecule has 1 rings (SSSR count). The van der Waals surface area contributed by atoms with E-state index < -0.39 is 0 Å². The van der Waals surface area contributed by atoms with Crippen LogP contribution in [0.1, 0.15) is 6.92 Å². The van der Waals surface area contributed by atoms with Gasteiger partial charge < -0.3 is 5.32 Å². The van der Waals surface area contributed by atoms with Gasteiger partial charge in [0.05, 0.1) is 6.54 Å². The van der Waals surface area contributed by atoms with Crippen LogP contribution in [0.5, 0.6) is 0 Å². The van der Waals surface area contributed by atoms with Crippen molar-refractivity contribution in [2.24, 2.45) is 0 Å². The number of nitrogens with one attached hydrogen (secondary N) is 1. The lowest BCUT2D eigenvalue weighted by Crippen LogP contribution is -2.00. The molecule has 0 aromatic rings. The van der Waals surface area contributed by atoms with E-state index in [1.807, 2.05) is 24.9 Å². The summed E-state index contributed by atoms with van der Waals surface area (Å²) in [5.74, 6) is 0. The first kappa shape index (κ1) is 4.44. The average molecular weight is 94.1 g/mol. The van der Waals surface area contributed by atoms with Crippen LogP contribution in [0.15, 0.2) is 23.9 Å². The standard InChI is InChI=1S/C6H8N/c1-6-2-4-7-5-3-6/h2-5,7H,1H3. The molecular formula is C6H8N. The molecule has 1 N–H and O–H groups in total. The van der Waals surface area contributed by atoms with Gasteiger partial charge >= 0.3 is 0 Å². The van der Waals surface area contributed by atoms with Crippen molar-refractivity contribution in [1.29, 1.82) is 0 Å². The van der Waals surface area contributed by atoms with E-state index >= 15 is 0 Å². The SMILES string of the molecule is CC1=C[CH]NC=C1. The minimum atomic E-state index is 1.29. The Kier molecular flexibility index (Phi) is 1.16. The van der Waals surface area contributed by atoms with Crippen LogP contribution in [0, 0.1) is 6.54 Å². The Bertz CT molecular complexity index is 111. The first-order valence-corrected chi connectivity index (χ1v) is 2.32. The van der Waals surface area contributed by atoms with Crippen molar-refractivity contribution in [3.63, 3.8) is 0 Å². The molecule has 1 radical (unpaired) electrons. The van der Waals surface area contributed by atoms with Crippen molar-refractivity contribution in [2.75, 3.05) is 0 Å². The van der Waals surface area contributed by atoms with Crippen LogP contribution < -0.4 is 5.32 Å². The zero-order chi connectivity index (χ0) is 5.11. The van der Waals surface area contributed by atoms with Crippen molar-refractivity contribution in [2.45, 2.75) is 6.92 Å². The molecule has 7 heavy (non-hydrogen) atoms. The monoisotopic (exact) mass is 94.1 g/mol. The molecule has 0 atom stereocenters. The highest BCUT2D eigenvalue weighted by Gasteiger charge is 1.84. The third-order valence-electron chi connectivity index (χ3n) is 0.885. The predicted octanol–water partition coefficient (Wildman–Crippen LogP) is 1.21. The van der Waals surface area contributed by atoms with E-state index in [-0.39, 0.29) is 0 Å². The first-order valence-electron chi connectivity index (χ1n) is 2.32. The second kappa shape index (κ2) is 1.82. The minimum Gasteiger partial charge on any atom is -0.382 e. The lowest BCUT2D eigenvalue weighted by molar-refractivity contribution is 1.07. The summed E-state index contributed by atoms with van der Waals surface area (Å²) in [6, 6.07) is 0. The highest BCUT2D eigenvalue weighted by molar-refractivity contribution is 5.22. The van der Waals surface area contributed by atoms with Gasteiger partial charge in [-0.3, -0.25) is 0 Å². The van der Waals surface area contributed by atoms with Gasteiger partial charge in [-0.05, 0) is 19.2 Å². The van der Waals surface area contributed by atoms with E-state index in [1.165, 1.54) is 5.57 Å². The maximum absolute atomic E-state index is 2.93. The summed E-state index contributed by atoms with van der Waals surface area (Å²) in [6.45, 7) is 3.98. The molecule has 1 heteroatoms. The fourth-order valence-corrected chi connectivity index (χ4v) is 0.470. The third-order valence-corrected chi connectivity index (χ3v) is 0.885. The van der Waals surface area contributed by atoms with Crippen LogP contribution in [0.2, 0.25) is 0 Å². The van der Waals surface area contributed by atoms with Gasteiger partial charge in [0.25, 0.3) is 0 Å². The third kappa shape index (κ3) is 1.07. The summed E-state index contributed by atoms with van der Waals surface area (Å²) in [5.41, 5.74) is 1.29. The molecule has 1 aliphatic rings. The maximum Gasteiger partial charge on any atom is 0.0682 e. The topological polar surface area (TPSA) is 12.0 Å². The summed E-state index contributed by atoms with van der Waals surface area (Å²) in [5, 5.41) is 2.93. The largest absolute Gasteiger partial charge is 0.382 e. The lowest BCUT2D eigenvalue weighted by atomic mass is 10.2. The fraction of sp³-hybridized carbons (Fsp3) is 0.167. The second-order valence-corrected chi connectivity index (χ2v) is 1.58. The molecule has 37 valence electrons. The van der Waals surface area contributed by atoms with Gasteiger partial charge in [0.2, 0.25) is 0 Å². The summed E-state index contributed by atoms with van der Waals surface area (Å²) in [7, 11) is 0. The number of allylic oxidation sites excluding steroid dienone is 2. The van der Waals surface area contributed by atoms with Crippen molar-refractivity contribution in [1.82, 2.24) is 5.32 Å². The normalized spacial score (nSPS) is 18.1. The summed E-state index contributed by atoms with van der Waals surface area (Å²) >= 11 is 0. The van der Waals surface area contributed by atoms with E-state index in [0.29, 0.717) is 0 Å². The molecule has 1 heterocycles. The van der Waals surface area contributed by atoms with Gasteiger partial charge in [0.15, 0.2) is 0 Å². The van der Waals surface area contributed by atoms with Gasteiger partial charge in [-0.2, -0.15) is 0 Å². The molecule has 0 amide bonds. The maximum atomic E-state index is 2.93. The average Bonchev–Trinajstić information content (AvgIpc) is 1.69. The van der Waals surface area contributed by atoms with E-state index in [9.17, 15) is 0 Å². The molecule has 0 fully saturated rings. The van der Waals surface area contributed by atoms with Gasteiger partial charge in [0, 0.05) is 0 Å². The molecule has 0 bridgehead atoms. The number of rotatable bonds is 0. The van der Waals surface area contributed by atoms with E-state index in [4.69, 9.17) is 0 Å². The van der Waals surface area contributed by atoms with Gasteiger partial charge in [0.1, 0.15) is 0 Å². The summed E-state index contributed by atoms with van der Waals surface area (Å²) in [6.07, 6.45) is 5.97. The molecule has 1 nitrogen and oxygen atoms in total. The van der Waals surface area contributed by atoms with Gasteiger partial charge in [-0.25, -0.2) is 0 Å². The van der Waals surface area contributed by atoms with Crippen LogP contribution in [0.4, 0.5) is 0 Å².